The summed E-state index contributed by atoms with van der Waals surface area (Å²) in [5.41, 5.74) is 3.08. The van der Waals surface area contributed by atoms with Crippen LogP contribution in [0.3, 0.4) is 0 Å². The van der Waals surface area contributed by atoms with E-state index in [1.54, 1.807) is 12.1 Å². The predicted octanol–water partition coefficient (Wildman–Crippen LogP) is 5.14. The minimum Gasteiger partial charge on any atom is -0.376 e. The maximum absolute atomic E-state index is 12.5. The highest BCUT2D eigenvalue weighted by Crippen LogP contribution is 2.35. The largest absolute Gasteiger partial charge is 0.376 e. The molecule has 2 aromatic carbocycles. The molecule has 9 heteroatoms. The number of nitrogens with zero attached hydrogens (tertiary/aromatic N) is 4. The minimum atomic E-state index is -0.293. The molecule has 4 aromatic rings. The second-order valence-electron chi connectivity index (χ2n) is 6.52. The summed E-state index contributed by atoms with van der Waals surface area (Å²) in [6, 6.07) is 14.9. The normalized spacial score (nSPS) is 11.1. The van der Waals surface area contributed by atoms with Crippen molar-refractivity contribution in [2.45, 2.75) is 6.92 Å². The molecule has 2 aromatic heterocycles. The van der Waals surface area contributed by atoms with Crippen LogP contribution in [-0.2, 0) is 4.74 Å². The topological polar surface area (TPSA) is 83.0 Å². The van der Waals surface area contributed by atoms with Crippen LogP contribution in [0.2, 0.25) is 5.02 Å². The summed E-state index contributed by atoms with van der Waals surface area (Å²) >= 11 is 9.87. The van der Waals surface area contributed by atoms with Gasteiger partial charge in [-0.2, -0.15) is 10.1 Å². The van der Waals surface area contributed by atoms with Crippen molar-refractivity contribution in [1.29, 1.82) is 0 Å². The molecule has 0 aliphatic heterocycles. The number of carbonyl (C=O) groups excluding carboxylic acids is 1. The van der Waals surface area contributed by atoms with Gasteiger partial charge in [0.2, 0.25) is 11.6 Å². The van der Waals surface area contributed by atoms with Crippen molar-refractivity contribution < 1.29 is 14.1 Å². The first-order valence-electron chi connectivity index (χ1n) is 8.96. The van der Waals surface area contributed by atoms with E-state index in [9.17, 15) is 4.79 Å². The highest BCUT2D eigenvalue weighted by Gasteiger charge is 2.27. The molecule has 0 aliphatic carbocycles. The number of halogens is 2. The number of ketones is 1. The molecule has 0 atom stereocenters. The van der Waals surface area contributed by atoms with Gasteiger partial charge in [0.1, 0.15) is 18.0 Å². The fraction of sp³-hybridized carbons (Fsp3) is 0.143. The van der Waals surface area contributed by atoms with Gasteiger partial charge in [0.15, 0.2) is 0 Å². The average Bonchev–Trinajstić information content (AvgIpc) is 3.33. The third-order valence-corrected chi connectivity index (χ3v) is 5.42. The van der Waals surface area contributed by atoms with Crippen molar-refractivity contribution in [3.63, 3.8) is 0 Å². The zero-order chi connectivity index (χ0) is 21.3. The van der Waals surface area contributed by atoms with Gasteiger partial charge in [0.05, 0.1) is 15.2 Å². The lowest BCUT2D eigenvalue weighted by molar-refractivity contribution is 0.0841. The van der Waals surface area contributed by atoms with E-state index in [0.717, 1.165) is 11.1 Å². The number of aryl methyl sites for hydroxylation is 1. The lowest BCUT2D eigenvalue weighted by Gasteiger charge is -2.06. The molecule has 0 aliphatic rings. The van der Waals surface area contributed by atoms with E-state index in [0.29, 0.717) is 26.8 Å². The Morgan fingerprint density at radius 3 is 2.77 bits per heavy atom. The number of hydrogen-bond donors (Lipinski definition) is 0. The summed E-state index contributed by atoms with van der Waals surface area (Å²) in [5, 5.41) is 9.05. The van der Waals surface area contributed by atoms with E-state index in [1.165, 1.54) is 11.8 Å². The summed E-state index contributed by atoms with van der Waals surface area (Å²) in [6.07, 6.45) is 0. The number of Topliss-reactive ketones (excluding diaryl/α,β-unsaturated/α-hetero) is 1. The second kappa shape index (κ2) is 8.51. The van der Waals surface area contributed by atoms with Crippen molar-refractivity contribution in [3.8, 4) is 28.7 Å². The van der Waals surface area contributed by atoms with Gasteiger partial charge in [0, 0.05) is 12.7 Å². The number of benzene rings is 2. The van der Waals surface area contributed by atoms with E-state index in [-0.39, 0.29) is 23.9 Å². The summed E-state index contributed by atoms with van der Waals surface area (Å²) in [7, 11) is 1.45. The van der Waals surface area contributed by atoms with Gasteiger partial charge < -0.3 is 9.26 Å². The Morgan fingerprint density at radius 2 is 2.03 bits per heavy atom. The van der Waals surface area contributed by atoms with Crippen LogP contribution in [0.1, 0.15) is 16.1 Å². The first kappa shape index (κ1) is 20.5. The maximum Gasteiger partial charge on any atom is 0.258 e. The van der Waals surface area contributed by atoms with Crippen LogP contribution in [0, 0.1) is 6.92 Å². The highest BCUT2D eigenvalue weighted by atomic mass is 79.9. The molecule has 0 N–H and O–H groups in total. The fourth-order valence-corrected chi connectivity index (χ4v) is 3.84. The number of methoxy groups -OCH3 is 1. The number of carbonyl (C=O) groups is 1. The molecule has 0 bridgehead atoms. The van der Waals surface area contributed by atoms with E-state index < -0.39 is 0 Å². The molecule has 4 rings (SSSR count). The number of rotatable bonds is 6. The molecule has 7 nitrogen and oxygen atoms in total. The molecule has 0 fully saturated rings. The zero-order valence-electron chi connectivity index (χ0n) is 16.1. The Morgan fingerprint density at radius 1 is 1.23 bits per heavy atom. The van der Waals surface area contributed by atoms with Crippen molar-refractivity contribution >= 4 is 33.3 Å². The molecule has 0 radical (unpaired) electrons. The van der Waals surface area contributed by atoms with Gasteiger partial charge in [-0.05, 0) is 47.1 Å². The average molecular weight is 488 g/mol. The number of hydrogen-bond acceptors (Lipinski definition) is 6. The molecular weight excluding hydrogens is 472 g/mol. The summed E-state index contributed by atoms with van der Waals surface area (Å²) in [4.78, 5) is 17.0. The lowest BCUT2D eigenvalue weighted by Crippen LogP contribution is -2.09. The third-order valence-electron chi connectivity index (χ3n) is 4.35. The van der Waals surface area contributed by atoms with Crippen LogP contribution in [-0.4, -0.2) is 39.4 Å². The van der Waals surface area contributed by atoms with Crippen molar-refractivity contribution in [2.75, 3.05) is 13.7 Å². The fourth-order valence-electron chi connectivity index (χ4n) is 2.98. The maximum atomic E-state index is 12.5. The van der Waals surface area contributed by atoms with Crippen molar-refractivity contribution in [1.82, 2.24) is 19.9 Å². The summed E-state index contributed by atoms with van der Waals surface area (Å²) in [6.45, 7) is 1.87. The standard InChI is InChI=1S/C21H16BrClN4O3/c1-12-6-5-7-13(10-12)21-24-20(26-30-21)19-17(22)18(16(28)11-29-2)25-27(19)15-9-4-3-8-14(15)23/h3-10H,11H2,1-2H3. The van der Waals surface area contributed by atoms with Crippen LogP contribution >= 0.6 is 27.5 Å². The quantitative estimate of drug-likeness (QED) is 0.350. The van der Waals surface area contributed by atoms with Gasteiger partial charge >= 0.3 is 0 Å². The molecule has 2 heterocycles. The van der Waals surface area contributed by atoms with E-state index in [2.05, 4.69) is 31.2 Å². The number of aromatic nitrogens is 4. The second-order valence-corrected chi connectivity index (χ2v) is 7.72. The van der Waals surface area contributed by atoms with Crippen LogP contribution in [0.25, 0.3) is 28.7 Å². The Balaban J connectivity index is 1.89. The van der Waals surface area contributed by atoms with E-state index in [1.807, 2.05) is 43.3 Å². The smallest absolute Gasteiger partial charge is 0.258 e. The SMILES string of the molecule is COCC(=O)c1nn(-c2ccccc2Cl)c(-c2noc(-c3cccc(C)c3)n2)c1Br. The highest BCUT2D eigenvalue weighted by molar-refractivity contribution is 9.10. The molecule has 30 heavy (non-hydrogen) atoms. The first-order valence-corrected chi connectivity index (χ1v) is 10.1. The Bertz CT molecular complexity index is 1230. The monoisotopic (exact) mass is 486 g/mol. The van der Waals surface area contributed by atoms with E-state index >= 15 is 0 Å². The van der Waals surface area contributed by atoms with E-state index in [4.69, 9.17) is 20.9 Å². The number of para-hydroxylation sites is 1. The Hall–Kier alpha value is -2.81. The van der Waals surface area contributed by atoms with Crippen LogP contribution in [0.5, 0.6) is 0 Å². The molecule has 0 saturated heterocycles. The Labute approximate surface area is 185 Å². The molecule has 0 saturated carbocycles. The van der Waals surface area contributed by atoms with Crippen LogP contribution < -0.4 is 0 Å². The first-order chi connectivity index (χ1) is 14.5. The van der Waals surface area contributed by atoms with Crippen LogP contribution in [0.15, 0.2) is 57.5 Å². The van der Waals surface area contributed by atoms with Gasteiger partial charge in [-0.1, -0.05) is 46.6 Å². The van der Waals surface area contributed by atoms with Gasteiger partial charge in [-0.15, -0.1) is 0 Å². The zero-order valence-corrected chi connectivity index (χ0v) is 18.4. The molecule has 0 unspecified atom stereocenters. The summed E-state index contributed by atoms with van der Waals surface area (Å²) in [5.74, 6) is 0.332. The molecule has 152 valence electrons. The van der Waals surface area contributed by atoms with Gasteiger partial charge in [-0.25, -0.2) is 4.68 Å². The van der Waals surface area contributed by atoms with Crippen molar-refractivity contribution in [3.05, 3.63) is 69.3 Å². The van der Waals surface area contributed by atoms with Crippen molar-refractivity contribution in [2.24, 2.45) is 0 Å². The van der Waals surface area contributed by atoms with Gasteiger partial charge in [0.25, 0.3) is 5.89 Å². The lowest BCUT2D eigenvalue weighted by atomic mass is 10.1. The summed E-state index contributed by atoms with van der Waals surface area (Å²) < 4.78 is 12.4. The molecule has 0 spiro atoms. The van der Waals surface area contributed by atoms with Gasteiger partial charge in [-0.3, -0.25) is 4.79 Å². The predicted molar refractivity (Wildman–Crippen MR) is 116 cm³/mol. The molecular formula is C21H16BrClN4O3. The van der Waals surface area contributed by atoms with Crippen LogP contribution in [0.4, 0.5) is 0 Å². The Kier molecular flexibility index (Phi) is 5.80. The third kappa shape index (κ3) is 3.81. The minimum absolute atomic E-state index is 0.113. The molecule has 0 amide bonds. The number of ether oxygens (including phenoxy) is 1.